The van der Waals surface area contributed by atoms with E-state index in [2.05, 4.69) is 15.3 Å². The molecule has 1 aromatic rings. The average molecular weight is 382 g/mol. The third kappa shape index (κ3) is 4.15. The Balaban J connectivity index is 0.00000243. The van der Waals surface area contributed by atoms with E-state index in [0.717, 1.165) is 31.6 Å². The molecule has 3 rings (SSSR count). The van der Waals surface area contributed by atoms with Gasteiger partial charge in [0.25, 0.3) is 5.91 Å². The van der Waals surface area contributed by atoms with E-state index >= 15 is 0 Å². The smallest absolute Gasteiger partial charge is 0.257 e. The standard InChI is InChI=1S/C18H27N5O2.ClH/c1-12-15(10-20-13(2)21-12)18(25)22-8-6-16-14(11-22)4-5-17(24)23(16)9-7-19-3;/h10,14,16,19H,4-9,11H2,1-3H3;1H/t14-,16+;/m0./s1. The Hall–Kier alpha value is -1.73. The molecule has 2 aliphatic rings. The maximum Gasteiger partial charge on any atom is 0.257 e. The second-order valence-corrected chi connectivity index (χ2v) is 7.01. The summed E-state index contributed by atoms with van der Waals surface area (Å²) < 4.78 is 0. The number of nitrogens with one attached hydrogen (secondary N) is 1. The van der Waals surface area contributed by atoms with Gasteiger partial charge in [0.05, 0.1) is 11.3 Å². The van der Waals surface area contributed by atoms with Gasteiger partial charge >= 0.3 is 0 Å². The number of nitrogens with zero attached hydrogens (tertiary/aromatic N) is 4. The summed E-state index contributed by atoms with van der Waals surface area (Å²) in [5, 5.41) is 3.12. The summed E-state index contributed by atoms with van der Waals surface area (Å²) in [6.45, 7) is 6.61. The highest BCUT2D eigenvalue weighted by Gasteiger charge is 2.40. The van der Waals surface area contributed by atoms with Crippen LogP contribution < -0.4 is 5.32 Å². The van der Waals surface area contributed by atoms with Gasteiger partial charge in [-0.2, -0.15) is 0 Å². The third-order valence-electron chi connectivity index (χ3n) is 5.36. The number of likely N-dealkylation sites (N-methyl/N-ethyl adjacent to an activating group) is 1. The van der Waals surface area contributed by atoms with Crippen LogP contribution in [0.5, 0.6) is 0 Å². The fraction of sp³-hybridized carbons (Fsp3) is 0.667. The quantitative estimate of drug-likeness (QED) is 0.847. The molecule has 0 bridgehead atoms. The molecule has 0 spiro atoms. The Labute approximate surface area is 161 Å². The van der Waals surface area contributed by atoms with Crippen molar-refractivity contribution in [1.82, 2.24) is 25.1 Å². The molecule has 3 heterocycles. The van der Waals surface area contributed by atoms with Crippen molar-refractivity contribution >= 4 is 24.2 Å². The summed E-state index contributed by atoms with van der Waals surface area (Å²) in [5.41, 5.74) is 1.32. The van der Waals surface area contributed by atoms with Gasteiger partial charge in [0.2, 0.25) is 5.91 Å². The third-order valence-corrected chi connectivity index (χ3v) is 5.36. The number of hydrogen-bond donors (Lipinski definition) is 1. The molecule has 2 fully saturated rings. The van der Waals surface area contributed by atoms with Crippen LogP contribution >= 0.6 is 12.4 Å². The molecule has 1 N–H and O–H groups in total. The molecule has 8 heteroatoms. The summed E-state index contributed by atoms with van der Waals surface area (Å²) in [4.78, 5) is 37.6. The molecule has 0 radical (unpaired) electrons. The molecule has 1 aromatic heterocycles. The average Bonchev–Trinajstić information content (AvgIpc) is 2.60. The van der Waals surface area contributed by atoms with Gasteiger partial charge in [-0.15, -0.1) is 12.4 Å². The van der Waals surface area contributed by atoms with Crippen molar-refractivity contribution in [3.8, 4) is 0 Å². The Bertz CT molecular complexity index is 669. The first kappa shape index (κ1) is 20.6. The van der Waals surface area contributed by atoms with Crippen molar-refractivity contribution in [3.05, 3.63) is 23.3 Å². The Kier molecular flexibility index (Phi) is 6.94. The number of likely N-dealkylation sites (tertiary alicyclic amines) is 2. The van der Waals surface area contributed by atoms with Gasteiger partial charge in [0, 0.05) is 44.8 Å². The molecule has 144 valence electrons. The Morgan fingerprint density at radius 1 is 1.35 bits per heavy atom. The van der Waals surface area contributed by atoms with Crippen LogP contribution in [0.1, 0.15) is 41.1 Å². The van der Waals surface area contributed by atoms with Gasteiger partial charge in [-0.25, -0.2) is 9.97 Å². The molecule has 0 aromatic carbocycles. The molecule has 2 atom stereocenters. The highest BCUT2D eigenvalue weighted by Crippen LogP contribution is 2.31. The van der Waals surface area contributed by atoms with Crippen molar-refractivity contribution in [2.24, 2.45) is 5.92 Å². The lowest BCUT2D eigenvalue weighted by Gasteiger charge is -2.47. The molecule has 2 saturated heterocycles. The normalized spacial score (nSPS) is 22.7. The monoisotopic (exact) mass is 381 g/mol. The molecule has 2 amide bonds. The predicted molar refractivity (Wildman–Crippen MR) is 101 cm³/mol. The maximum atomic E-state index is 12.9. The number of halogens is 1. The van der Waals surface area contributed by atoms with Crippen LogP contribution in [-0.4, -0.2) is 70.9 Å². The largest absolute Gasteiger partial charge is 0.338 e. The highest BCUT2D eigenvalue weighted by atomic mass is 35.5. The van der Waals surface area contributed by atoms with E-state index in [0.29, 0.717) is 36.8 Å². The number of hydrogen-bond acceptors (Lipinski definition) is 5. The lowest BCUT2D eigenvalue weighted by Crippen LogP contribution is -2.57. The molecule has 7 nitrogen and oxygen atoms in total. The lowest BCUT2D eigenvalue weighted by molar-refractivity contribution is -0.140. The van der Waals surface area contributed by atoms with Crippen molar-refractivity contribution in [3.63, 3.8) is 0 Å². The lowest BCUT2D eigenvalue weighted by atomic mass is 9.83. The predicted octanol–water partition coefficient (Wildman–Crippen LogP) is 1.19. The first-order valence-corrected chi connectivity index (χ1v) is 9.05. The number of rotatable bonds is 4. The topological polar surface area (TPSA) is 78.4 Å². The van der Waals surface area contributed by atoms with Crippen LogP contribution in [0.25, 0.3) is 0 Å². The minimum Gasteiger partial charge on any atom is -0.338 e. The zero-order valence-electron chi connectivity index (χ0n) is 15.7. The summed E-state index contributed by atoms with van der Waals surface area (Å²) in [6.07, 6.45) is 3.93. The van der Waals surface area contributed by atoms with E-state index in [1.165, 1.54) is 0 Å². The van der Waals surface area contributed by atoms with Crippen LogP contribution in [0.3, 0.4) is 0 Å². The summed E-state index contributed by atoms with van der Waals surface area (Å²) in [6, 6.07) is 0.258. The Morgan fingerprint density at radius 3 is 2.81 bits per heavy atom. The van der Waals surface area contributed by atoms with Crippen molar-refractivity contribution in [2.75, 3.05) is 33.2 Å². The molecule has 0 saturated carbocycles. The van der Waals surface area contributed by atoms with Crippen LogP contribution in [0.15, 0.2) is 6.20 Å². The van der Waals surface area contributed by atoms with E-state index in [9.17, 15) is 9.59 Å². The molecule has 0 aliphatic carbocycles. The van der Waals surface area contributed by atoms with Crippen molar-refractivity contribution < 1.29 is 9.59 Å². The van der Waals surface area contributed by atoms with Gasteiger partial charge in [0.1, 0.15) is 5.82 Å². The van der Waals surface area contributed by atoms with E-state index in [1.807, 2.05) is 30.7 Å². The number of carbonyl (C=O) groups excluding carboxylic acids is 2. The fourth-order valence-electron chi connectivity index (χ4n) is 4.02. The number of aryl methyl sites for hydroxylation is 2. The molecule has 26 heavy (non-hydrogen) atoms. The second-order valence-electron chi connectivity index (χ2n) is 7.01. The number of amides is 2. The number of carbonyl (C=O) groups is 2. The first-order chi connectivity index (χ1) is 12.0. The van der Waals surface area contributed by atoms with Crippen molar-refractivity contribution in [2.45, 2.75) is 39.2 Å². The van der Waals surface area contributed by atoms with Crippen molar-refractivity contribution in [1.29, 1.82) is 0 Å². The first-order valence-electron chi connectivity index (χ1n) is 9.05. The molecular formula is C18H28ClN5O2. The van der Waals surface area contributed by atoms with Gasteiger partial charge in [-0.05, 0) is 39.7 Å². The molecular weight excluding hydrogens is 354 g/mol. The highest BCUT2D eigenvalue weighted by molar-refractivity contribution is 5.95. The summed E-state index contributed by atoms with van der Waals surface area (Å²) in [5.74, 6) is 1.30. The second kappa shape index (κ2) is 8.77. The van der Waals surface area contributed by atoms with Gasteiger partial charge in [0.15, 0.2) is 0 Å². The molecule has 2 aliphatic heterocycles. The number of piperidine rings is 2. The zero-order valence-corrected chi connectivity index (χ0v) is 16.5. The molecule has 0 unspecified atom stereocenters. The van der Waals surface area contributed by atoms with Crippen LogP contribution in [0.4, 0.5) is 0 Å². The van der Waals surface area contributed by atoms with Crippen LogP contribution in [0, 0.1) is 19.8 Å². The van der Waals surface area contributed by atoms with E-state index in [4.69, 9.17) is 0 Å². The SMILES string of the molecule is CNCCN1C(=O)CC[C@H]2CN(C(=O)c3cnc(C)nc3C)CC[C@H]21.Cl. The fourth-order valence-corrected chi connectivity index (χ4v) is 4.02. The van der Waals surface area contributed by atoms with Crippen LogP contribution in [0.2, 0.25) is 0 Å². The van der Waals surface area contributed by atoms with Crippen LogP contribution in [-0.2, 0) is 4.79 Å². The summed E-state index contributed by atoms with van der Waals surface area (Å²) >= 11 is 0. The number of fused-ring (bicyclic) bond motifs is 1. The maximum absolute atomic E-state index is 12.9. The zero-order chi connectivity index (χ0) is 18.0. The van der Waals surface area contributed by atoms with Gasteiger partial charge in [-0.1, -0.05) is 0 Å². The number of aromatic nitrogens is 2. The van der Waals surface area contributed by atoms with E-state index in [1.54, 1.807) is 6.20 Å². The van der Waals surface area contributed by atoms with Gasteiger partial charge in [-0.3, -0.25) is 9.59 Å². The summed E-state index contributed by atoms with van der Waals surface area (Å²) in [7, 11) is 1.90. The van der Waals surface area contributed by atoms with E-state index < -0.39 is 0 Å². The van der Waals surface area contributed by atoms with Gasteiger partial charge < -0.3 is 15.1 Å². The Morgan fingerprint density at radius 2 is 2.12 bits per heavy atom. The minimum atomic E-state index is 0. The minimum absolute atomic E-state index is 0. The van der Waals surface area contributed by atoms with E-state index in [-0.39, 0.29) is 30.3 Å².